The molecule has 3 aromatic rings. The standard InChI is InChI=1S/C25H24ClN3O2/c1-18(16-23(30)27-17-19-12-14-22(26)15-13-19)28-29-25(31)24(20-8-4-2-5-9-20)21-10-6-3-7-11-21/h2-15,24H,16-17H2,1H3,(H,27,30)(H,29,31)/b28-18+. The molecule has 0 aliphatic rings. The maximum atomic E-state index is 12.9. The van der Waals surface area contributed by atoms with Crippen LogP contribution < -0.4 is 10.7 Å². The third kappa shape index (κ3) is 6.79. The predicted octanol–water partition coefficient (Wildman–Crippen LogP) is 4.67. The molecule has 31 heavy (non-hydrogen) atoms. The molecule has 0 atom stereocenters. The third-order valence-electron chi connectivity index (χ3n) is 4.70. The molecule has 0 bridgehead atoms. The molecule has 5 nitrogen and oxygen atoms in total. The van der Waals surface area contributed by atoms with Crippen molar-refractivity contribution in [2.24, 2.45) is 5.10 Å². The number of rotatable bonds is 8. The van der Waals surface area contributed by atoms with Gasteiger partial charge in [0.15, 0.2) is 0 Å². The summed E-state index contributed by atoms with van der Waals surface area (Å²) in [6, 6.07) is 26.4. The Labute approximate surface area is 187 Å². The first-order chi connectivity index (χ1) is 15.0. The van der Waals surface area contributed by atoms with Crippen molar-refractivity contribution in [2.75, 3.05) is 0 Å². The predicted molar refractivity (Wildman–Crippen MR) is 124 cm³/mol. The van der Waals surface area contributed by atoms with Crippen molar-refractivity contribution in [2.45, 2.75) is 25.8 Å². The van der Waals surface area contributed by atoms with Gasteiger partial charge in [0.2, 0.25) is 5.91 Å². The van der Waals surface area contributed by atoms with Crippen molar-refractivity contribution in [3.05, 3.63) is 107 Å². The second-order valence-corrected chi connectivity index (χ2v) is 7.59. The van der Waals surface area contributed by atoms with Crippen LogP contribution >= 0.6 is 11.6 Å². The maximum Gasteiger partial charge on any atom is 0.252 e. The molecular weight excluding hydrogens is 410 g/mol. The van der Waals surface area contributed by atoms with Crippen molar-refractivity contribution >= 4 is 29.1 Å². The monoisotopic (exact) mass is 433 g/mol. The largest absolute Gasteiger partial charge is 0.352 e. The Morgan fingerprint density at radius 2 is 1.42 bits per heavy atom. The van der Waals surface area contributed by atoms with Crippen LogP contribution in [0.2, 0.25) is 5.02 Å². The Morgan fingerprint density at radius 3 is 1.97 bits per heavy atom. The fourth-order valence-corrected chi connectivity index (χ4v) is 3.26. The molecule has 0 unspecified atom stereocenters. The Bertz CT molecular complexity index is 996. The average Bonchev–Trinajstić information content (AvgIpc) is 2.79. The maximum absolute atomic E-state index is 12.9. The molecule has 158 valence electrons. The molecule has 0 radical (unpaired) electrons. The van der Waals surface area contributed by atoms with Crippen LogP contribution in [0.5, 0.6) is 0 Å². The minimum absolute atomic E-state index is 0.0925. The molecule has 0 spiro atoms. The summed E-state index contributed by atoms with van der Waals surface area (Å²) in [6.45, 7) is 2.11. The van der Waals surface area contributed by atoms with Crippen LogP contribution in [0.1, 0.15) is 36.0 Å². The molecule has 0 saturated carbocycles. The van der Waals surface area contributed by atoms with E-state index in [1.165, 1.54) is 0 Å². The normalized spacial score (nSPS) is 11.3. The van der Waals surface area contributed by atoms with Gasteiger partial charge >= 0.3 is 0 Å². The number of carbonyl (C=O) groups is 2. The lowest BCUT2D eigenvalue weighted by Gasteiger charge is -2.16. The molecule has 0 heterocycles. The van der Waals surface area contributed by atoms with Gasteiger partial charge in [-0.1, -0.05) is 84.4 Å². The fourth-order valence-electron chi connectivity index (χ4n) is 3.14. The lowest BCUT2D eigenvalue weighted by Crippen LogP contribution is -2.29. The first kappa shape index (κ1) is 22.2. The molecule has 0 fully saturated rings. The quantitative estimate of drug-likeness (QED) is 0.400. The second-order valence-electron chi connectivity index (χ2n) is 7.16. The van der Waals surface area contributed by atoms with Gasteiger partial charge in [-0.15, -0.1) is 0 Å². The van der Waals surface area contributed by atoms with E-state index in [-0.39, 0.29) is 18.2 Å². The summed E-state index contributed by atoms with van der Waals surface area (Å²) >= 11 is 5.87. The summed E-state index contributed by atoms with van der Waals surface area (Å²) in [4.78, 5) is 25.1. The van der Waals surface area contributed by atoms with E-state index in [9.17, 15) is 9.59 Å². The van der Waals surface area contributed by atoms with E-state index in [0.29, 0.717) is 17.3 Å². The van der Waals surface area contributed by atoms with Gasteiger partial charge in [-0.25, -0.2) is 5.43 Å². The van der Waals surface area contributed by atoms with Gasteiger partial charge in [0.25, 0.3) is 5.91 Å². The summed E-state index contributed by atoms with van der Waals surface area (Å²) < 4.78 is 0. The average molecular weight is 434 g/mol. The minimum Gasteiger partial charge on any atom is -0.352 e. The van der Waals surface area contributed by atoms with Crippen LogP contribution in [0.4, 0.5) is 0 Å². The van der Waals surface area contributed by atoms with E-state index in [0.717, 1.165) is 16.7 Å². The highest BCUT2D eigenvalue weighted by atomic mass is 35.5. The molecule has 2 amide bonds. The minimum atomic E-state index is -0.488. The van der Waals surface area contributed by atoms with E-state index < -0.39 is 5.92 Å². The molecule has 3 aromatic carbocycles. The molecule has 0 aliphatic heterocycles. The van der Waals surface area contributed by atoms with E-state index >= 15 is 0 Å². The Morgan fingerprint density at radius 1 is 0.871 bits per heavy atom. The summed E-state index contributed by atoms with van der Waals surface area (Å²) in [6.07, 6.45) is 0.0925. The molecule has 6 heteroatoms. The van der Waals surface area contributed by atoms with Crippen molar-refractivity contribution in [3.63, 3.8) is 0 Å². The van der Waals surface area contributed by atoms with Gasteiger partial charge in [0.05, 0.1) is 12.3 Å². The summed E-state index contributed by atoms with van der Waals surface area (Å²) in [5.41, 5.74) is 5.84. The highest BCUT2D eigenvalue weighted by molar-refractivity contribution is 6.30. The number of carbonyl (C=O) groups excluding carboxylic acids is 2. The Kier molecular flexibility index (Phi) is 7.96. The highest BCUT2D eigenvalue weighted by Gasteiger charge is 2.22. The number of nitrogens with zero attached hydrogens (tertiary/aromatic N) is 1. The fraction of sp³-hybridized carbons (Fsp3) is 0.160. The van der Waals surface area contributed by atoms with E-state index in [1.807, 2.05) is 72.8 Å². The zero-order valence-electron chi connectivity index (χ0n) is 17.2. The summed E-state index contributed by atoms with van der Waals surface area (Å²) in [5.74, 6) is -0.913. The van der Waals surface area contributed by atoms with E-state index in [4.69, 9.17) is 11.6 Å². The number of hydrazone groups is 1. The molecule has 0 saturated heterocycles. The Hall–Kier alpha value is -3.44. The number of amides is 2. The van der Waals surface area contributed by atoms with Gasteiger partial charge < -0.3 is 5.32 Å². The SMILES string of the molecule is C/C(CC(=O)NCc1ccc(Cl)cc1)=N\NC(=O)C(c1ccccc1)c1ccccc1. The number of hydrogen-bond acceptors (Lipinski definition) is 3. The van der Waals surface area contributed by atoms with Gasteiger partial charge in [-0.05, 0) is 35.7 Å². The van der Waals surface area contributed by atoms with Crippen molar-refractivity contribution in [3.8, 4) is 0 Å². The molecule has 2 N–H and O–H groups in total. The van der Waals surface area contributed by atoms with Crippen LogP contribution in [0.25, 0.3) is 0 Å². The van der Waals surface area contributed by atoms with Crippen LogP contribution in [0.3, 0.4) is 0 Å². The van der Waals surface area contributed by atoms with Gasteiger partial charge in [0, 0.05) is 17.3 Å². The van der Waals surface area contributed by atoms with Crippen LogP contribution in [-0.4, -0.2) is 17.5 Å². The zero-order valence-corrected chi connectivity index (χ0v) is 18.0. The van der Waals surface area contributed by atoms with Crippen LogP contribution in [0, 0.1) is 0 Å². The van der Waals surface area contributed by atoms with Gasteiger partial charge in [-0.2, -0.15) is 5.10 Å². The molecule has 0 aliphatic carbocycles. The summed E-state index contributed by atoms with van der Waals surface area (Å²) in [7, 11) is 0. The van der Waals surface area contributed by atoms with Crippen molar-refractivity contribution in [1.82, 2.24) is 10.7 Å². The van der Waals surface area contributed by atoms with E-state index in [1.54, 1.807) is 19.1 Å². The lowest BCUT2D eigenvalue weighted by molar-refractivity contribution is -0.122. The summed E-state index contributed by atoms with van der Waals surface area (Å²) in [5, 5.41) is 7.63. The van der Waals surface area contributed by atoms with Crippen molar-refractivity contribution in [1.29, 1.82) is 0 Å². The topological polar surface area (TPSA) is 70.6 Å². The molecular formula is C25H24ClN3O2. The third-order valence-corrected chi connectivity index (χ3v) is 4.96. The smallest absolute Gasteiger partial charge is 0.252 e. The first-order valence-electron chi connectivity index (χ1n) is 9.97. The van der Waals surface area contributed by atoms with Crippen LogP contribution in [0.15, 0.2) is 90.0 Å². The van der Waals surface area contributed by atoms with Crippen LogP contribution in [-0.2, 0) is 16.1 Å². The second kappa shape index (κ2) is 11.1. The van der Waals surface area contributed by atoms with Crippen molar-refractivity contribution < 1.29 is 9.59 Å². The zero-order chi connectivity index (χ0) is 22.1. The number of nitrogens with one attached hydrogen (secondary N) is 2. The van der Waals surface area contributed by atoms with Gasteiger partial charge in [0.1, 0.15) is 0 Å². The first-order valence-corrected chi connectivity index (χ1v) is 10.3. The lowest BCUT2D eigenvalue weighted by atomic mass is 9.91. The number of benzene rings is 3. The van der Waals surface area contributed by atoms with E-state index in [2.05, 4.69) is 15.8 Å². The van der Waals surface area contributed by atoms with Gasteiger partial charge in [-0.3, -0.25) is 9.59 Å². The number of hydrogen-bond donors (Lipinski definition) is 2. The molecule has 3 rings (SSSR count). The Balaban J connectivity index is 1.59. The number of halogens is 1. The highest BCUT2D eigenvalue weighted by Crippen LogP contribution is 2.24. The molecule has 0 aromatic heterocycles.